The summed E-state index contributed by atoms with van der Waals surface area (Å²) in [6, 6.07) is 8.49. The van der Waals surface area contributed by atoms with E-state index < -0.39 is 40.3 Å². The molecule has 0 saturated carbocycles. The molecular weight excluding hydrogens is 334 g/mol. The van der Waals surface area contributed by atoms with E-state index in [9.17, 15) is 22.7 Å². The molecule has 23 heavy (non-hydrogen) atoms. The van der Waals surface area contributed by atoms with Crippen LogP contribution in [-0.2, 0) is 12.6 Å². The van der Waals surface area contributed by atoms with Gasteiger partial charge in [-0.25, -0.2) is 4.39 Å². The van der Waals surface area contributed by atoms with Gasteiger partial charge in [0, 0.05) is 12.0 Å². The van der Waals surface area contributed by atoms with E-state index in [-0.39, 0.29) is 6.42 Å². The van der Waals surface area contributed by atoms with Crippen LogP contribution < -0.4 is 5.73 Å². The van der Waals surface area contributed by atoms with Gasteiger partial charge in [-0.15, -0.1) is 0 Å². The van der Waals surface area contributed by atoms with Crippen molar-refractivity contribution >= 4 is 11.6 Å². The predicted molar refractivity (Wildman–Crippen MR) is 79.5 cm³/mol. The first kappa shape index (κ1) is 17.7. The smallest absolute Gasteiger partial charge is 0.391 e. The molecule has 2 atom stereocenters. The fraction of sp³-hybridized carbons (Fsp3) is 0.250. The lowest BCUT2D eigenvalue weighted by molar-refractivity contribution is -0.138. The normalized spacial score (nSPS) is 14.6. The largest absolute Gasteiger partial charge is 0.416 e. The summed E-state index contributed by atoms with van der Waals surface area (Å²) in [5.74, 6) is -1.26. The number of hydrogen-bond donors (Lipinski definition) is 2. The average Bonchev–Trinajstić information content (AvgIpc) is 2.49. The summed E-state index contributed by atoms with van der Waals surface area (Å²) in [6.07, 6.45) is -6.21. The summed E-state index contributed by atoms with van der Waals surface area (Å²) < 4.78 is 53.3. The van der Waals surface area contributed by atoms with Crippen molar-refractivity contribution in [2.24, 2.45) is 5.73 Å². The van der Waals surface area contributed by atoms with Crippen molar-refractivity contribution in [1.29, 1.82) is 0 Å². The Morgan fingerprint density at radius 1 is 1.09 bits per heavy atom. The predicted octanol–water partition coefficient (Wildman–Crippen LogP) is 4.10. The number of nitrogens with two attached hydrogens (primary N) is 1. The molecule has 2 aromatic carbocycles. The van der Waals surface area contributed by atoms with E-state index in [1.165, 1.54) is 0 Å². The molecule has 0 amide bonds. The van der Waals surface area contributed by atoms with Gasteiger partial charge in [0.15, 0.2) is 0 Å². The first-order valence-electron chi connectivity index (χ1n) is 6.74. The highest BCUT2D eigenvalue weighted by atomic mass is 35.5. The molecule has 0 spiro atoms. The Bertz CT molecular complexity index is 676. The molecule has 0 fully saturated rings. The van der Waals surface area contributed by atoms with E-state index in [0.29, 0.717) is 11.6 Å². The number of rotatable bonds is 4. The van der Waals surface area contributed by atoms with Crippen molar-refractivity contribution in [3.63, 3.8) is 0 Å². The highest BCUT2D eigenvalue weighted by molar-refractivity contribution is 6.30. The van der Waals surface area contributed by atoms with Crippen molar-refractivity contribution in [1.82, 2.24) is 0 Å². The van der Waals surface area contributed by atoms with Crippen LogP contribution in [0, 0.1) is 5.82 Å². The third kappa shape index (κ3) is 4.02. The molecule has 2 aromatic rings. The standard InChI is InChI=1S/C16H14ClF4NO/c17-11-7-6-10(16(19,20)21)13(14(11)18)15(22)12(23)8-9-4-2-1-3-5-9/h1-7,12,15,23H,8,22H2/t12-,15-/m0/s1. The minimum Gasteiger partial charge on any atom is -0.391 e. The minimum absolute atomic E-state index is 0.00867. The third-order valence-corrected chi connectivity index (χ3v) is 3.77. The number of alkyl halides is 3. The van der Waals surface area contributed by atoms with Gasteiger partial charge in [0.05, 0.1) is 22.7 Å². The van der Waals surface area contributed by atoms with Crippen LogP contribution in [-0.4, -0.2) is 11.2 Å². The third-order valence-electron chi connectivity index (χ3n) is 3.47. The fourth-order valence-electron chi connectivity index (χ4n) is 2.31. The Kier molecular flexibility index (Phi) is 5.29. The maximum atomic E-state index is 14.1. The lowest BCUT2D eigenvalue weighted by Crippen LogP contribution is -2.31. The van der Waals surface area contributed by atoms with Gasteiger partial charge in [-0.3, -0.25) is 0 Å². The molecule has 0 radical (unpaired) electrons. The van der Waals surface area contributed by atoms with Gasteiger partial charge in [-0.05, 0) is 17.7 Å². The number of hydrogen-bond acceptors (Lipinski definition) is 2. The van der Waals surface area contributed by atoms with Gasteiger partial charge in [0.25, 0.3) is 0 Å². The zero-order chi connectivity index (χ0) is 17.2. The Hall–Kier alpha value is -1.63. The molecule has 0 unspecified atom stereocenters. The van der Waals surface area contributed by atoms with E-state index in [1.54, 1.807) is 30.3 Å². The molecule has 0 heterocycles. The van der Waals surface area contributed by atoms with Crippen molar-refractivity contribution in [3.05, 3.63) is 70.0 Å². The second-order valence-corrected chi connectivity index (χ2v) is 5.51. The first-order chi connectivity index (χ1) is 10.7. The van der Waals surface area contributed by atoms with Crippen LogP contribution in [0.1, 0.15) is 22.7 Å². The summed E-state index contributed by atoms with van der Waals surface area (Å²) in [5.41, 5.74) is 4.32. The molecule has 124 valence electrons. The summed E-state index contributed by atoms with van der Waals surface area (Å²) in [7, 11) is 0. The maximum absolute atomic E-state index is 14.1. The van der Waals surface area contributed by atoms with Crippen LogP contribution in [0.4, 0.5) is 17.6 Å². The molecule has 0 aliphatic rings. The molecule has 2 rings (SSSR count). The molecule has 0 bridgehead atoms. The summed E-state index contributed by atoms with van der Waals surface area (Å²) in [5, 5.41) is 9.65. The molecule has 2 nitrogen and oxygen atoms in total. The van der Waals surface area contributed by atoms with Crippen molar-refractivity contribution in [2.45, 2.75) is 24.7 Å². The lowest BCUT2D eigenvalue weighted by Gasteiger charge is -2.24. The lowest BCUT2D eigenvalue weighted by atomic mass is 9.92. The minimum atomic E-state index is -4.80. The summed E-state index contributed by atoms with van der Waals surface area (Å²) >= 11 is 5.57. The van der Waals surface area contributed by atoms with Crippen LogP contribution in [0.3, 0.4) is 0 Å². The van der Waals surface area contributed by atoms with Crippen molar-refractivity contribution < 1.29 is 22.7 Å². The Morgan fingerprint density at radius 2 is 1.70 bits per heavy atom. The van der Waals surface area contributed by atoms with Gasteiger partial charge in [0.2, 0.25) is 0 Å². The molecule has 0 aliphatic heterocycles. The molecule has 0 aliphatic carbocycles. The van der Waals surface area contributed by atoms with Gasteiger partial charge in [-0.2, -0.15) is 13.2 Å². The Labute approximate surface area is 135 Å². The van der Waals surface area contributed by atoms with E-state index in [1.807, 2.05) is 0 Å². The SMILES string of the molecule is N[C@H](c1c(C(F)(F)F)ccc(Cl)c1F)[C@@H](O)Cc1ccccc1. The van der Waals surface area contributed by atoms with Crippen LogP contribution >= 0.6 is 11.6 Å². The van der Waals surface area contributed by atoms with E-state index in [2.05, 4.69) is 0 Å². The molecular formula is C16H14ClF4NO. The van der Waals surface area contributed by atoms with Gasteiger partial charge < -0.3 is 10.8 Å². The molecule has 0 aromatic heterocycles. The highest BCUT2D eigenvalue weighted by Gasteiger charge is 2.38. The monoisotopic (exact) mass is 347 g/mol. The molecule has 3 N–H and O–H groups in total. The fourth-order valence-corrected chi connectivity index (χ4v) is 2.48. The second kappa shape index (κ2) is 6.86. The quantitative estimate of drug-likeness (QED) is 0.818. The zero-order valence-electron chi connectivity index (χ0n) is 11.8. The van der Waals surface area contributed by atoms with E-state index >= 15 is 0 Å². The topological polar surface area (TPSA) is 46.2 Å². The number of halogens is 5. The van der Waals surface area contributed by atoms with Crippen LogP contribution in [0.5, 0.6) is 0 Å². The number of aliphatic hydroxyl groups is 1. The van der Waals surface area contributed by atoms with Crippen LogP contribution in [0.25, 0.3) is 0 Å². The van der Waals surface area contributed by atoms with Gasteiger partial charge in [0.1, 0.15) is 5.82 Å². The summed E-state index contributed by atoms with van der Waals surface area (Å²) in [6.45, 7) is 0. The maximum Gasteiger partial charge on any atom is 0.416 e. The number of aliphatic hydroxyl groups excluding tert-OH is 1. The number of benzene rings is 2. The van der Waals surface area contributed by atoms with Gasteiger partial charge >= 0.3 is 6.18 Å². The van der Waals surface area contributed by atoms with E-state index in [4.69, 9.17) is 17.3 Å². The van der Waals surface area contributed by atoms with E-state index in [0.717, 1.165) is 6.07 Å². The molecule has 0 saturated heterocycles. The Morgan fingerprint density at radius 3 is 2.26 bits per heavy atom. The van der Waals surface area contributed by atoms with Crippen LogP contribution in [0.15, 0.2) is 42.5 Å². The van der Waals surface area contributed by atoms with Crippen molar-refractivity contribution in [3.8, 4) is 0 Å². The second-order valence-electron chi connectivity index (χ2n) is 5.10. The molecule has 7 heteroatoms. The average molecular weight is 348 g/mol. The van der Waals surface area contributed by atoms with Gasteiger partial charge in [-0.1, -0.05) is 41.9 Å². The first-order valence-corrected chi connectivity index (χ1v) is 7.12. The van der Waals surface area contributed by atoms with Crippen molar-refractivity contribution in [2.75, 3.05) is 0 Å². The zero-order valence-corrected chi connectivity index (χ0v) is 12.6. The van der Waals surface area contributed by atoms with Crippen LogP contribution in [0.2, 0.25) is 5.02 Å². The highest BCUT2D eigenvalue weighted by Crippen LogP contribution is 2.38. The summed E-state index contributed by atoms with van der Waals surface area (Å²) in [4.78, 5) is 0. The Balaban J connectivity index is 2.38.